The number of rotatable bonds is 7. The molecular weight excluding hydrogens is 398 g/mol. The highest BCUT2D eigenvalue weighted by atomic mass is 35.5. The first-order valence-electron chi connectivity index (χ1n) is 8.64. The molecule has 0 fully saturated rings. The Bertz CT molecular complexity index is 918. The van der Waals surface area contributed by atoms with E-state index < -0.39 is 11.2 Å². The minimum Gasteiger partial charge on any atom is -0.352 e. The van der Waals surface area contributed by atoms with E-state index in [1.54, 1.807) is 24.3 Å². The molecule has 0 radical (unpaired) electrons. The molecule has 1 heterocycles. The zero-order valence-corrected chi connectivity index (χ0v) is 16.4. The predicted octanol–water partition coefficient (Wildman–Crippen LogP) is 3.42. The van der Waals surface area contributed by atoms with E-state index in [0.29, 0.717) is 22.3 Å². The molecule has 1 atom stereocenters. The zero-order valence-electron chi connectivity index (χ0n) is 14.9. The summed E-state index contributed by atoms with van der Waals surface area (Å²) in [6, 6.07) is 16.4. The van der Waals surface area contributed by atoms with Gasteiger partial charge in [-0.15, -0.1) is 0 Å². The van der Waals surface area contributed by atoms with Crippen molar-refractivity contribution in [2.24, 2.45) is 4.99 Å². The summed E-state index contributed by atoms with van der Waals surface area (Å²) in [4.78, 5) is 40.2. The Morgan fingerprint density at radius 3 is 2.50 bits per heavy atom. The molecule has 6 nitrogen and oxygen atoms in total. The van der Waals surface area contributed by atoms with Crippen molar-refractivity contribution in [3.63, 3.8) is 0 Å². The number of halogens is 1. The van der Waals surface area contributed by atoms with Crippen LogP contribution in [0.1, 0.15) is 18.4 Å². The number of nitrogens with one attached hydrogen (secondary N) is 2. The molecule has 0 saturated heterocycles. The molecule has 2 N–H and O–H groups in total. The lowest BCUT2D eigenvalue weighted by molar-refractivity contribution is -0.121. The van der Waals surface area contributed by atoms with Crippen LogP contribution in [0.25, 0.3) is 0 Å². The third kappa shape index (κ3) is 5.68. The minimum absolute atomic E-state index is 0.0197. The smallest absolute Gasteiger partial charge is 0.260 e. The van der Waals surface area contributed by atoms with Gasteiger partial charge in [0.25, 0.3) is 5.91 Å². The molecule has 0 aliphatic carbocycles. The molecule has 0 spiro atoms. The molecule has 1 aliphatic heterocycles. The Balaban J connectivity index is 1.46. The van der Waals surface area contributed by atoms with E-state index in [4.69, 9.17) is 11.6 Å². The highest BCUT2D eigenvalue weighted by Crippen LogP contribution is 2.28. The van der Waals surface area contributed by atoms with Crippen LogP contribution in [0.5, 0.6) is 0 Å². The van der Waals surface area contributed by atoms with Gasteiger partial charge in [-0.05, 0) is 17.7 Å². The lowest BCUT2D eigenvalue weighted by Crippen LogP contribution is -2.24. The Hall–Kier alpha value is -2.64. The number of benzene rings is 2. The van der Waals surface area contributed by atoms with E-state index in [-0.39, 0.29) is 24.7 Å². The van der Waals surface area contributed by atoms with Crippen LogP contribution >= 0.6 is 23.4 Å². The van der Waals surface area contributed by atoms with Gasteiger partial charge >= 0.3 is 0 Å². The van der Waals surface area contributed by atoms with Crippen LogP contribution in [0.2, 0.25) is 5.02 Å². The van der Waals surface area contributed by atoms with Crippen molar-refractivity contribution < 1.29 is 14.4 Å². The summed E-state index contributed by atoms with van der Waals surface area (Å²) < 4.78 is 0. The van der Waals surface area contributed by atoms with Crippen molar-refractivity contribution in [1.29, 1.82) is 0 Å². The van der Waals surface area contributed by atoms with Gasteiger partial charge in [-0.1, -0.05) is 65.8 Å². The van der Waals surface area contributed by atoms with Gasteiger partial charge < -0.3 is 10.6 Å². The zero-order chi connectivity index (χ0) is 19.9. The summed E-state index contributed by atoms with van der Waals surface area (Å²) in [6.45, 7) is 0.412. The third-order valence-electron chi connectivity index (χ3n) is 3.95. The second-order valence-corrected chi connectivity index (χ2v) is 7.80. The fourth-order valence-electron chi connectivity index (χ4n) is 2.57. The Kier molecular flexibility index (Phi) is 6.84. The van der Waals surface area contributed by atoms with E-state index in [2.05, 4.69) is 15.6 Å². The molecule has 0 saturated carbocycles. The standard InChI is InChI=1S/C20H18ClN3O3S/c21-14-8-4-5-9-15(14)23-18(26)10-16-20(27)24-19(28-16)11-17(25)22-12-13-6-2-1-3-7-13/h1-9,16H,10-12H2,(H,22,25)(H,23,26)/t16-/m1/s1. The number of hydrogen-bond donors (Lipinski definition) is 2. The summed E-state index contributed by atoms with van der Waals surface area (Å²) in [5.41, 5.74) is 1.48. The summed E-state index contributed by atoms with van der Waals surface area (Å²) in [5.74, 6) is -0.946. The van der Waals surface area contributed by atoms with Gasteiger partial charge in [0.2, 0.25) is 11.8 Å². The minimum atomic E-state index is -0.626. The van der Waals surface area contributed by atoms with Gasteiger partial charge in [-0.25, -0.2) is 4.99 Å². The molecule has 8 heteroatoms. The fraction of sp³-hybridized carbons (Fsp3) is 0.200. The maximum absolute atomic E-state index is 12.2. The fourth-order valence-corrected chi connectivity index (χ4v) is 3.83. The summed E-state index contributed by atoms with van der Waals surface area (Å²) in [7, 11) is 0. The van der Waals surface area contributed by atoms with Crippen LogP contribution in [-0.4, -0.2) is 28.0 Å². The molecule has 1 aliphatic rings. The number of para-hydroxylation sites is 1. The van der Waals surface area contributed by atoms with Crippen LogP contribution in [0, 0.1) is 0 Å². The molecule has 28 heavy (non-hydrogen) atoms. The quantitative estimate of drug-likeness (QED) is 0.725. The number of nitrogens with zero attached hydrogens (tertiary/aromatic N) is 1. The van der Waals surface area contributed by atoms with Gasteiger partial charge in [0, 0.05) is 13.0 Å². The molecule has 2 aromatic rings. The van der Waals surface area contributed by atoms with Gasteiger partial charge in [0.1, 0.15) is 5.25 Å². The number of anilines is 1. The van der Waals surface area contributed by atoms with Crippen LogP contribution in [0.15, 0.2) is 59.6 Å². The largest absolute Gasteiger partial charge is 0.352 e. The topological polar surface area (TPSA) is 87.6 Å². The maximum atomic E-state index is 12.2. The molecular formula is C20H18ClN3O3S. The van der Waals surface area contributed by atoms with Crippen molar-refractivity contribution >= 4 is 51.8 Å². The van der Waals surface area contributed by atoms with Crippen molar-refractivity contribution in [2.75, 3.05) is 5.32 Å². The van der Waals surface area contributed by atoms with Gasteiger partial charge in [0.05, 0.1) is 22.2 Å². The average Bonchev–Trinajstić information content (AvgIpc) is 3.01. The molecule has 0 unspecified atom stereocenters. The lowest BCUT2D eigenvalue weighted by atomic mass is 10.2. The number of aliphatic imine (C=N–C) groups is 1. The van der Waals surface area contributed by atoms with Crippen LogP contribution in [-0.2, 0) is 20.9 Å². The van der Waals surface area contributed by atoms with E-state index in [0.717, 1.165) is 17.3 Å². The van der Waals surface area contributed by atoms with Crippen molar-refractivity contribution in [2.45, 2.75) is 24.6 Å². The highest BCUT2D eigenvalue weighted by molar-refractivity contribution is 8.15. The number of amides is 3. The number of thioether (sulfide) groups is 1. The number of carbonyl (C=O) groups is 3. The SMILES string of the molecule is O=C(CC1=NC(=O)[C@@H](CC(=O)Nc2ccccc2Cl)S1)NCc1ccccc1. The van der Waals surface area contributed by atoms with Crippen LogP contribution in [0.4, 0.5) is 5.69 Å². The third-order valence-corrected chi connectivity index (χ3v) is 5.44. The second-order valence-electron chi connectivity index (χ2n) is 6.12. The first kappa shape index (κ1) is 20.1. The van der Waals surface area contributed by atoms with E-state index in [1.165, 1.54) is 0 Å². The molecule has 3 rings (SSSR count). The number of hydrogen-bond acceptors (Lipinski definition) is 4. The molecule has 0 bridgehead atoms. The van der Waals surface area contributed by atoms with E-state index in [9.17, 15) is 14.4 Å². The maximum Gasteiger partial charge on any atom is 0.260 e. The lowest BCUT2D eigenvalue weighted by Gasteiger charge is -2.09. The van der Waals surface area contributed by atoms with Crippen LogP contribution in [0.3, 0.4) is 0 Å². The van der Waals surface area contributed by atoms with E-state index in [1.807, 2.05) is 30.3 Å². The van der Waals surface area contributed by atoms with Gasteiger partial charge in [0.15, 0.2) is 0 Å². The summed E-state index contributed by atoms with van der Waals surface area (Å²) in [6.07, 6.45) is -0.0147. The molecule has 2 aromatic carbocycles. The van der Waals surface area contributed by atoms with Crippen molar-refractivity contribution in [3.8, 4) is 0 Å². The monoisotopic (exact) mass is 415 g/mol. The van der Waals surface area contributed by atoms with Crippen molar-refractivity contribution in [1.82, 2.24) is 5.32 Å². The number of carbonyl (C=O) groups excluding carboxylic acids is 3. The first-order chi connectivity index (χ1) is 13.5. The molecule has 3 amide bonds. The van der Waals surface area contributed by atoms with Crippen molar-refractivity contribution in [3.05, 3.63) is 65.2 Å². The highest BCUT2D eigenvalue weighted by Gasteiger charge is 2.31. The Labute approximate surface area is 171 Å². The normalized spacial score (nSPS) is 15.8. The molecule has 0 aromatic heterocycles. The first-order valence-corrected chi connectivity index (χ1v) is 9.90. The second kappa shape index (κ2) is 9.52. The Morgan fingerprint density at radius 1 is 1.04 bits per heavy atom. The van der Waals surface area contributed by atoms with Gasteiger partial charge in [-0.3, -0.25) is 14.4 Å². The summed E-state index contributed by atoms with van der Waals surface area (Å²) in [5, 5.41) is 5.70. The summed E-state index contributed by atoms with van der Waals surface area (Å²) >= 11 is 7.17. The molecule has 144 valence electrons. The van der Waals surface area contributed by atoms with Crippen LogP contribution < -0.4 is 10.6 Å². The van der Waals surface area contributed by atoms with E-state index >= 15 is 0 Å². The van der Waals surface area contributed by atoms with Gasteiger partial charge in [-0.2, -0.15) is 0 Å². The Morgan fingerprint density at radius 2 is 1.75 bits per heavy atom. The predicted molar refractivity (Wildman–Crippen MR) is 111 cm³/mol. The average molecular weight is 416 g/mol.